The van der Waals surface area contributed by atoms with Crippen LogP contribution in [0.5, 0.6) is 5.75 Å². The van der Waals surface area contributed by atoms with Crippen molar-refractivity contribution in [3.63, 3.8) is 0 Å². The number of allylic oxidation sites excluding steroid dienone is 2. The maximum atomic E-state index is 12.9. The number of carbonyl (C=O) groups excluding carboxylic acids is 2. The lowest BCUT2D eigenvalue weighted by molar-refractivity contribution is -0.144. The number of aryl methyl sites for hydroxylation is 1. The molecule has 0 saturated heterocycles. The molecule has 2 aliphatic rings. The molecule has 7 heteroatoms. The van der Waals surface area contributed by atoms with Crippen LogP contribution in [0.25, 0.3) is 0 Å². The first kappa shape index (κ1) is 21.8. The lowest BCUT2D eigenvalue weighted by Crippen LogP contribution is -2.40. The highest BCUT2D eigenvalue weighted by Crippen LogP contribution is 2.47. The minimum atomic E-state index is -0.638. The molecule has 0 saturated carbocycles. The normalized spacial score (nSPS) is 20.9. The zero-order valence-corrected chi connectivity index (χ0v) is 19.9. The van der Waals surface area contributed by atoms with Crippen molar-refractivity contribution in [3.8, 4) is 5.75 Å². The Bertz CT molecular complexity index is 1090. The van der Waals surface area contributed by atoms with Crippen LogP contribution in [-0.2, 0) is 20.9 Å². The molecule has 2 aromatic rings. The van der Waals surface area contributed by atoms with Gasteiger partial charge in [-0.1, -0.05) is 18.7 Å². The number of rotatable bonds is 5. The van der Waals surface area contributed by atoms with Crippen LogP contribution in [0, 0.1) is 12.8 Å². The van der Waals surface area contributed by atoms with E-state index in [1.54, 1.807) is 11.3 Å². The summed E-state index contributed by atoms with van der Waals surface area (Å²) >= 11 is 5.10. The van der Waals surface area contributed by atoms with Gasteiger partial charge in [-0.05, 0) is 53.9 Å². The van der Waals surface area contributed by atoms with Crippen LogP contribution in [0.4, 0.5) is 0 Å². The second-order valence-corrected chi connectivity index (χ2v) is 9.89. The molecule has 2 heterocycles. The summed E-state index contributed by atoms with van der Waals surface area (Å²) in [4.78, 5) is 27.7. The Morgan fingerprint density at radius 3 is 2.84 bits per heavy atom. The molecule has 0 radical (unpaired) electrons. The number of carbonyl (C=O) groups is 2. The van der Waals surface area contributed by atoms with Crippen LogP contribution in [0.3, 0.4) is 0 Å². The smallest absolute Gasteiger partial charge is 0.315 e. The molecule has 1 aromatic carbocycles. The third-order valence-corrected chi connectivity index (χ3v) is 7.64. The standard InChI is InChI=1S/C24H24BrNO4S/c1-13-21(24(28)29-3)23(22-17(26-13)8-6-9-18(22)27)20-11-15(14(2)31-20)12-30-19-10-5-4-7-16(19)25/h4-5,7,10-11,21,23,26H,1,6,8-9,12H2,2-3H3. The summed E-state index contributed by atoms with van der Waals surface area (Å²) in [5, 5.41) is 3.23. The second-order valence-electron chi connectivity index (χ2n) is 7.75. The summed E-state index contributed by atoms with van der Waals surface area (Å²) in [5.74, 6) is -0.544. The van der Waals surface area contributed by atoms with E-state index in [-0.39, 0.29) is 17.7 Å². The summed E-state index contributed by atoms with van der Waals surface area (Å²) < 4.78 is 12.0. The van der Waals surface area contributed by atoms with Crippen molar-refractivity contribution in [2.24, 2.45) is 5.92 Å². The van der Waals surface area contributed by atoms with Crippen molar-refractivity contribution in [1.82, 2.24) is 5.32 Å². The summed E-state index contributed by atoms with van der Waals surface area (Å²) in [6, 6.07) is 9.77. The molecular formula is C24H24BrNO4S. The number of ketones is 1. The van der Waals surface area contributed by atoms with Crippen molar-refractivity contribution in [2.45, 2.75) is 38.7 Å². The van der Waals surface area contributed by atoms with Crippen LogP contribution in [0.15, 0.2) is 58.4 Å². The van der Waals surface area contributed by atoms with Crippen molar-refractivity contribution in [3.05, 3.63) is 73.7 Å². The number of benzene rings is 1. The molecule has 0 fully saturated rings. The van der Waals surface area contributed by atoms with E-state index in [1.165, 1.54) is 7.11 Å². The van der Waals surface area contributed by atoms with Gasteiger partial charge in [0, 0.05) is 44.6 Å². The zero-order chi connectivity index (χ0) is 22.1. The fourth-order valence-electron chi connectivity index (χ4n) is 4.26. The Morgan fingerprint density at radius 2 is 2.10 bits per heavy atom. The number of para-hydroxylation sites is 1. The van der Waals surface area contributed by atoms with Gasteiger partial charge < -0.3 is 14.8 Å². The number of nitrogens with one attached hydrogen (secondary N) is 1. The third kappa shape index (κ3) is 4.21. The zero-order valence-electron chi connectivity index (χ0n) is 17.5. The van der Waals surface area contributed by atoms with E-state index in [4.69, 9.17) is 9.47 Å². The first-order valence-electron chi connectivity index (χ1n) is 10.2. The third-order valence-electron chi connectivity index (χ3n) is 5.81. The maximum absolute atomic E-state index is 12.9. The van der Waals surface area contributed by atoms with Gasteiger partial charge in [-0.15, -0.1) is 11.3 Å². The molecule has 5 nitrogen and oxygen atoms in total. The van der Waals surface area contributed by atoms with Gasteiger partial charge in [-0.25, -0.2) is 0 Å². The largest absolute Gasteiger partial charge is 0.488 e. The molecule has 1 aliphatic heterocycles. The molecule has 0 bridgehead atoms. The molecule has 2 atom stereocenters. The molecule has 4 rings (SSSR count). The Balaban J connectivity index is 1.70. The van der Waals surface area contributed by atoms with Crippen molar-refractivity contribution >= 4 is 39.0 Å². The summed E-state index contributed by atoms with van der Waals surface area (Å²) in [6.07, 6.45) is 2.09. The average molecular weight is 502 g/mol. The fourth-order valence-corrected chi connectivity index (χ4v) is 5.85. The number of Topliss-reactive ketones (excluding diaryl/α,β-unsaturated/α-hetero) is 1. The van der Waals surface area contributed by atoms with E-state index >= 15 is 0 Å². The Hall–Kier alpha value is -2.38. The van der Waals surface area contributed by atoms with E-state index in [1.807, 2.05) is 31.2 Å². The summed E-state index contributed by atoms with van der Waals surface area (Å²) in [5.41, 5.74) is 3.22. The summed E-state index contributed by atoms with van der Waals surface area (Å²) in [6.45, 7) is 6.53. The highest BCUT2D eigenvalue weighted by molar-refractivity contribution is 9.10. The quantitative estimate of drug-likeness (QED) is 0.556. The number of methoxy groups -OCH3 is 1. The highest BCUT2D eigenvalue weighted by Gasteiger charge is 2.44. The number of halogens is 1. The van der Waals surface area contributed by atoms with Crippen molar-refractivity contribution < 1.29 is 19.1 Å². The maximum Gasteiger partial charge on any atom is 0.315 e. The van der Waals surface area contributed by atoms with Gasteiger partial charge in [0.25, 0.3) is 0 Å². The number of ether oxygens (including phenoxy) is 2. The van der Waals surface area contributed by atoms with Crippen LogP contribution in [0.2, 0.25) is 0 Å². The van der Waals surface area contributed by atoms with Crippen LogP contribution < -0.4 is 10.1 Å². The van der Waals surface area contributed by atoms with Crippen molar-refractivity contribution in [2.75, 3.05) is 7.11 Å². The monoisotopic (exact) mass is 501 g/mol. The Morgan fingerprint density at radius 1 is 1.32 bits per heavy atom. The van der Waals surface area contributed by atoms with E-state index in [9.17, 15) is 9.59 Å². The molecule has 0 amide bonds. The SMILES string of the molecule is C=C1NC2=C(C(=O)CCC2)C(c2cc(COc3ccccc3Br)c(C)s2)C1C(=O)OC. The Labute approximate surface area is 194 Å². The number of esters is 1. The topological polar surface area (TPSA) is 64.6 Å². The minimum absolute atomic E-state index is 0.0947. The van der Waals surface area contributed by atoms with E-state index in [0.29, 0.717) is 24.3 Å². The van der Waals surface area contributed by atoms with Gasteiger partial charge in [-0.2, -0.15) is 0 Å². The van der Waals surface area contributed by atoms with Crippen LogP contribution in [0.1, 0.15) is 40.5 Å². The lowest BCUT2D eigenvalue weighted by atomic mass is 9.74. The van der Waals surface area contributed by atoms with Crippen LogP contribution in [-0.4, -0.2) is 18.9 Å². The average Bonchev–Trinajstić information content (AvgIpc) is 3.12. The number of hydrogen-bond donors (Lipinski definition) is 1. The van der Waals surface area contributed by atoms with Gasteiger partial charge in [0.15, 0.2) is 5.78 Å². The van der Waals surface area contributed by atoms with Gasteiger partial charge in [-0.3, -0.25) is 9.59 Å². The summed E-state index contributed by atoms with van der Waals surface area (Å²) in [7, 11) is 1.37. The van der Waals surface area contributed by atoms with E-state index in [0.717, 1.165) is 44.1 Å². The van der Waals surface area contributed by atoms with Crippen LogP contribution >= 0.6 is 27.3 Å². The molecule has 0 spiro atoms. The highest BCUT2D eigenvalue weighted by atomic mass is 79.9. The molecule has 1 N–H and O–H groups in total. The van der Waals surface area contributed by atoms with E-state index < -0.39 is 5.92 Å². The van der Waals surface area contributed by atoms with Gasteiger partial charge in [0.2, 0.25) is 0 Å². The molecular weight excluding hydrogens is 478 g/mol. The van der Waals surface area contributed by atoms with Crippen molar-refractivity contribution in [1.29, 1.82) is 0 Å². The fraction of sp³-hybridized carbons (Fsp3) is 0.333. The molecule has 2 unspecified atom stereocenters. The van der Waals surface area contributed by atoms with E-state index in [2.05, 4.69) is 33.9 Å². The molecule has 1 aliphatic carbocycles. The predicted octanol–water partition coefficient (Wildman–Crippen LogP) is 5.39. The molecule has 31 heavy (non-hydrogen) atoms. The molecule has 1 aromatic heterocycles. The van der Waals surface area contributed by atoms with Gasteiger partial charge in [0.1, 0.15) is 18.3 Å². The van der Waals surface area contributed by atoms with Gasteiger partial charge >= 0.3 is 5.97 Å². The minimum Gasteiger partial charge on any atom is -0.488 e. The number of thiophene rings is 1. The van der Waals surface area contributed by atoms with Gasteiger partial charge in [0.05, 0.1) is 11.6 Å². The second kappa shape index (κ2) is 9.01. The number of hydrogen-bond acceptors (Lipinski definition) is 6. The Kier molecular flexibility index (Phi) is 6.34. The molecule has 162 valence electrons. The predicted molar refractivity (Wildman–Crippen MR) is 124 cm³/mol. The first-order valence-corrected chi connectivity index (χ1v) is 11.8. The lowest BCUT2D eigenvalue weighted by Gasteiger charge is -2.37. The first-order chi connectivity index (χ1) is 14.9.